The fourth-order valence-electron chi connectivity index (χ4n) is 3.64. The van der Waals surface area contributed by atoms with Crippen molar-refractivity contribution in [1.29, 1.82) is 0 Å². The first-order chi connectivity index (χ1) is 12.5. The van der Waals surface area contributed by atoms with Crippen LogP contribution < -0.4 is 10.6 Å². The van der Waals surface area contributed by atoms with Crippen molar-refractivity contribution in [2.45, 2.75) is 37.6 Å². The quantitative estimate of drug-likeness (QED) is 0.324. The van der Waals surface area contributed by atoms with E-state index in [4.69, 9.17) is 4.74 Å². The average molecular weight is 551 g/mol. The third-order valence-corrected chi connectivity index (χ3v) is 6.36. The molecule has 2 N–H and O–H groups in total. The Labute approximate surface area is 188 Å². The Balaban J connectivity index is 0.00000261. The molecule has 1 aliphatic heterocycles. The van der Waals surface area contributed by atoms with Gasteiger partial charge in [-0.1, -0.05) is 34.1 Å². The van der Waals surface area contributed by atoms with Gasteiger partial charge in [0, 0.05) is 48.7 Å². The van der Waals surface area contributed by atoms with Gasteiger partial charge in [-0.15, -0.1) is 24.0 Å². The van der Waals surface area contributed by atoms with Gasteiger partial charge in [-0.2, -0.15) is 0 Å². The number of nitrogens with one attached hydrogen (secondary N) is 2. The molecule has 152 valence electrons. The average Bonchev–Trinajstić information content (AvgIpc) is 3.44. The van der Waals surface area contributed by atoms with Crippen LogP contribution in [0.25, 0.3) is 0 Å². The molecule has 1 aromatic rings. The third kappa shape index (κ3) is 5.81. The molecule has 1 aromatic carbocycles. The second-order valence-corrected chi connectivity index (χ2v) is 8.81. The van der Waals surface area contributed by atoms with Crippen LogP contribution >= 0.6 is 39.9 Å². The second-order valence-electron chi connectivity index (χ2n) is 7.95. The van der Waals surface area contributed by atoms with E-state index >= 15 is 0 Å². The Bertz CT molecular complexity index is 643. The van der Waals surface area contributed by atoms with E-state index in [-0.39, 0.29) is 34.9 Å². The lowest BCUT2D eigenvalue weighted by molar-refractivity contribution is -0.00834. The van der Waals surface area contributed by atoms with Crippen LogP contribution in [0.3, 0.4) is 0 Å². The zero-order chi connectivity index (χ0) is 18.6. The number of aliphatic imine (C=N–C) groups is 1. The summed E-state index contributed by atoms with van der Waals surface area (Å²) in [5, 5.41) is 7.07. The Hall–Kier alpha value is -0.380. The van der Waals surface area contributed by atoms with Gasteiger partial charge in [-0.05, 0) is 38.3 Å². The normalized spacial score (nSPS) is 19.9. The first-order valence-electron chi connectivity index (χ1n) is 9.49. The maximum absolute atomic E-state index is 5.47. The van der Waals surface area contributed by atoms with Crippen LogP contribution in [0.5, 0.6) is 0 Å². The van der Waals surface area contributed by atoms with Gasteiger partial charge >= 0.3 is 0 Å². The topological polar surface area (TPSA) is 48.9 Å². The number of rotatable bonds is 6. The second kappa shape index (κ2) is 9.89. The molecule has 0 atom stereocenters. The molecule has 1 saturated heterocycles. The molecule has 1 heterocycles. The number of nitrogens with zero attached hydrogens (tertiary/aromatic N) is 2. The molecule has 2 fully saturated rings. The number of benzene rings is 1. The predicted octanol–water partition coefficient (Wildman–Crippen LogP) is 3.37. The molecule has 0 spiro atoms. The smallest absolute Gasteiger partial charge is 0.191 e. The maximum Gasteiger partial charge on any atom is 0.191 e. The van der Waals surface area contributed by atoms with Gasteiger partial charge in [0.1, 0.15) is 0 Å². The highest BCUT2D eigenvalue weighted by molar-refractivity contribution is 14.0. The van der Waals surface area contributed by atoms with Gasteiger partial charge in [-0.3, -0.25) is 9.89 Å². The minimum absolute atomic E-state index is 0. The summed E-state index contributed by atoms with van der Waals surface area (Å²) in [6, 6.07) is 8.56. The summed E-state index contributed by atoms with van der Waals surface area (Å²) in [4.78, 5) is 6.91. The lowest BCUT2D eigenvalue weighted by Crippen LogP contribution is -2.56. The van der Waals surface area contributed by atoms with Crippen LogP contribution in [0.2, 0.25) is 0 Å². The molecule has 3 rings (SSSR count). The Morgan fingerprint density at radius 1 is 1.22 bits per heavy atom. The van der Waals surface area contributed by atoms with E-state index in [2.05, 4.69) is 74.6 Å². The maximum atomic E-state index is 5.47. The molecule has 27 heavy (non-hydrogen) atoms. The minimum atomic E-state index is 0. The van der Waals surface area contributed by atoms with E-state index in [0.717, 1.165) is 45.4 Å². The van der Waals surface area contributed by atoms with Gasteiger partial charge in [0.15, 0.2) is 5.96 Å². The first-order valence-corrected chi connectivity index (χ1v) is 10.3. The van der Waals surface area contributed by atoms with Crippen molar-refractivity contribution in [1.82, 2.24) is 15.5 Å². The van der Waals surface area contributed by atoms with Gasteiger partial charge in [0.25, 0.3) is 0 Å². The summed E-state index contributed by atoms with van der Waals surface area (Å²) < 4.78 is 6.68. The number of morpholine rings is 1. The summed E-state index contributed by atoms with van der Waals surface area (Å²) in [6.45, 7) is 9.96. The van der Waals surface area contributed by atoms with Crippen molar-refractivity contribution in [3.8, 4) is 0 Å². The molecule has 7 heteroatoms. The lowest BCUT2D eigenvalue weighted by Gasteiger charge is -2.41. The molecule has 0 aromatic heterocycles. The molecule has 1 aliphatic carbocycles. The van der Waals surface area contributed by atoms with Crippen molar-refractivity contribution >= 4 is 45.9 Å². The fourth-order valence-corrected chi connectivity index (χ4v) is 4.34. The molecule has 0 amide bonds. The van der Waals surface area contributed by atoms with E-state index < -0.39 is 0 Å². The van der Waals surface area contributed by atoms with Gasteiger partial charge < -0.3 is 15.4 Å². The zero-order valence-electron chi connectivity index (χ0n) is 16.6. The van der Waals surface area contributed by atoms with Crippen molar-refractivity contribution in [3.63, 3.8) is 0 Å². The van der Waals surface area contributed by atoms with Crippen molar-refractivity contribution in [2.24, 2.45) is 4.99 Å². The van der Waals surface area contributed by atoms with E-state index in [9.17, 15) is 0 Å². The van der Waals surface area contributed by atoms with Crippen LogP contribution in [-0.4, -0.2) is 62.8 Å². The zero-order valence-corrected chi connectivity index (χ0v) is 20.5. The number of hydrogen-bond donors (Lipinski definition) is 2. The molecular formula is C20H32BrIN4O. The van der Waals surface area contributed by atoms with Gasteiger partial charge in [-0.25, -0.2) is 0 Å². The van der Waals surface area contributed by atoms with E-state index in [1.165, 1.54) is 22.9 Å². The monoisotopic (exact) mass is 550 g/mol. The van der Waals surface area contributed by atoms with Crippen LogP contribution in [0.15, 0.2) is 33.7 Å². The van der Waals surface area contributed by atoms with E-state index in [1.807, 2.05) is 7.05 Å². The van der Waals surface area contributed by atoms with Crippen LogP contribution in [-0.2, 0) is 10.2 Å². The SMILES string of the molecule is CN=C(NCC1(c2ccccc2Br)CC1)NCC(C)(C)N1CCOCC1.I. The summed E-state index contributed by atoms with van der Waals surface area (Å²) in [5.74, 6) is 0.879. The molecule has 5 nitrogen and oxygen atoms in total. The Morgan fingerprint density at radius 3 is 2.48 bits per heavy atom. The summed E-state index contributed by atoms with van der Waals surface area (Å²) in [7, 11) is 1.84. The molecule has 0 bridgehead atoms. The number of ether oxygens (including phenoxy) is 1. The number of guanidine groups is 1. The molecule has 0 radical (unpaired) electrons. The van der Waals surface area contributed by atoms with Crippen LogP contribution in [0.4, 0.5) is 0 Å². The van der Waals surface area contributed by atoms with Crippen molar-refractivity contribution < 1.29 is 4.74 Å². The van der Waals surface area contributed by atoms with Gasteiger partial charge in [0.05, 0.1) is 13.2 Å². The molecule has 0 unspecified atom stereocenters. The van der Waals surface area contributed by atoms with Gasteiger partial charge in [0.2, 0.25) is 0 Å². The van der Waals surface area contributed by atoms with Crippen molar-refractivity contribution in [2.75, 3.05) is 46.4 Å². The Kier molecular flexibility index (Phi) is 8.39. The standard InChI is InChI=1S/C20H31BrN4O.HI/c1-19(2,25-10-12-26-13-11-25)14-23-18(22-3)24-15-20(8-9-20)16-6-4-5-7-17(16)21;/h4-7H,8-15H2,1-3H3,(H2,22,23,24);1H. The summed E-state index contributed by atoms with van der Waals surface area (Å²) in [6.07, 6.45) is 2.44. The highest BCUT2D eigenvalue weighted by Crippen LogP contribution is 2.49. The van der Waals surface area contributed by atoms with Crippen LogP contribution in [0.1, 0.15) is 32.3 Å². The van der Waals surface area contributed by atoms with Crippen LogP contribution in [0, 0.1) is 0 Å². The van der Waals surface area contributed by atoms with Crippen molar-refractivity contribution in [3.05, 3.63) is 34.3 Å². The molecule has 1 saturated carbocycles. The number of hydrogen-bond acceptors (Lipinski definition) is 3. The highest BCUT2D eigenvalue weighted by Gasteiger charge is 2.45. The lowest BCUT2D eigenvalue weighted by atomic mass is 9.96. The minimum Gasteiger partial charge on any atom is -0.379 e. The third-order valence-electron chi connectivity index (χ3n) is 5.67. The Morgan fingerprint density at radius 2 is 1.89 bits per heavy atom. The first kappa shape index (κ1) is 22.9. The summed E-state index contributed by atoms with van der Waals surface area (Å²) in [5.41, 5.74) is 1.70. The van der Waals surface area contributed by atoms with E-state index in [0.29, 0.717) is 0 Å². The van der Waals surface area contributed by atoms with E-state index in [1.54, 1.807) is 0 Å². The molecular weight excluding hydrogens is 519 g/mol. The highest BCUT2D eigenvalue weighted by atomic mass is 127. The summed E-state index contributed by atoms with van der Waals surface area (Å²) >= 11 is 3.71. The molecule has 2 aliphatic rings. The number of halogens is 2. The fraction of sp³-hybridized carbons (Fsp3) is 0.650. The largest absolute Gasteiger partial charge is 0.379 e. The predicted molar refractivity (Wildman–Crippen MR) is 126 cm³/mol.